The Bertz CT molecular complexity index is 668. The zero-order valence-electron chi connectivity index (χ0n) is 15.2. The second-order valence-electron chi connectivity index (χ2n) is 6.99. The molecule has 1 heterocycles. The maximum Gasteiger partial charge on any atom is 0.124 e. The first-order valence-electron chi connectivity index (χ1n) is 9.31. The van der Waals surface area contributed by atoms with Gasteiger partial charge in [-0.25, -0.2) is 0 Å². The summed E-state index contributed by atoms with van der Waals surface area (Å²) in [5.74, 6) is 1.01. The van der Waals surface area contributed by atoms with Crippen LogP contribution in [0.15, 0.2) is 36.4 Å². The molecule has 2 aromatic carbocycles. The summed E-state index contributed by atoms with van der Waals surface area (Å²) in [6, 6.07) is 13.5. The lowest BCUT2D eigenvalue weighted by Gasteiger charge is -2.23. The van der Waals surface area contributed by atoms with Crippen molar-refractivity contribution in [3.63, 3.8) is 0 Å². The average molecular weight is 326 g/mol. The topological polar surface area (TPSA) is 24.5 Å². The van der Waals surface area contributed by atoms with E-state index in [1.54, 1.807) is 0 Å². The number of hydrogen-bond donors (Lipinski definition) is 1. The van der Waals surface area contributed by atoms with Crippen LogP contribution in [0.25, 0.3) is 10.8 Å². The van der Waals surface area contributed by atoms with Crippen LogP contribution in [0, 0.1) is 0 Å². The molecule has 0 aliphatic carbocycles. The van der Waals surface area contributed by atoms with E-state index in [-0.39, 0.29) is 6.10 Å². The Kier molecular flexibility index (Phi) is 5.75. The first kappa shape index (κ1) is 17.2. The van der Waals surface area contributed by atoms with Gasteiger partial charge in [-0.3, -0.25) is 4.90 Å². The van der Waals surface area contributed by atoms with Crippen molar-refractivity contribution in [3.05, 3.63) is 42.0 Å². The van der Waals surface area contributed by atoms with Crippen molar-refractivity contribution >= 4 is 10.8 Å². The van der Waals surface area contributed by atoms with Gasteiger partial charge in [-0.15, -0.1) is 0 Å². The van der Waals surface area contributed by atoms with E-state index in [1.165, 1.54) is 35.7 Å². The Morgan fingerprint density at radius 3 is 2.83 bits per heavy atom. The highest BCUT2D eigenvalue weighted by molar-refractivity contribution is 5.87. The summed E-state index contributed by atoms with van der Waals surface area (Å²) < 4.78 is 6.07. The quantitative estimate of drug-likeness (QED) is 0.825. The predicted molar refractivity (Wildman–Crippen MR) is 102 cm³/mol. The van der Waals surface area contributed by atoms with Gasteiger partial charge in [0.25, 0.3) is 0 Å². The molecule has 1 saturated heterocycles. The third-order valence-corrected chi connectivity index (χ3v) is 4.95. The number of rotatable bonds is 7. The molecule has 0 amide bonds. The van der Waals surface area contributed by atoms with Gasteiger partial charge in [0, 0.05) is 24.7 Å². The Morgan fingerprint density at radius 2 is 2.04 bits per heavy atom. The summed E-state index contributed by atoms with van der Waals surface area (Å²) in [6.07, 6.45) is 2.83. The largest absolute Gasteiger partial charge is 0.491 e. The maximum atomic E-state index is 6.07. The standard InChI is InChI=1S/C21H30N2O/c1-4-23-13-7-9-18(23)14-22-15-20-19-10-6-5-8-17(19)11-12-21(20)24-16(2)3/h5-6,8,10-12,16,18,22H,4,7,9,13-15H2,1-3H3. The molecule has 1 aliphatic heterocycles. The van der Waals surface area contributed by atoms with E-state index in [0.717, 1.165) is 25.4 Å². The van der Waals surface area contributed by atoms with E-state index < -0.39 is 0 Å². The van der Waals surface area contributed by atoms with Gasteiger partial charge < -0.3 is 10.1 Å². The van der Waals surface area contributed by atoms with Crippen LogP contribution >= 0.6 is 0 Å². The fraction of sp³-hybridized carbons (Fsp3) is 0.524. The molecule has 1 fully saturated rings. The molecule has 0 radical (unpaired) electrons. The summed E-state index contributed by atoms with van der Waals surface area (Å²) in [5, 5.41) is 6.26. The molecule has 0 saturated carbocycles. The fourth-order valence-corrected chi connectivity index (χ4v) is 3.77. The first-order valence-corrected chi connectivity index (χ1v) is 9.31. The minimum atomic E-state index is 0.190. The summed E-state index contributed by atoms with van der Waals surface area (Å²) in [6.45, 7) is 10.8. The second-order valence-corrected chi connectivity index (χ2v) is 6.99. The van der Waals surface area contributed by atoms with Crippen molar-refractivity contribution in [2.24, 2.45) is 0 Å². The van der Waals surface area contributed by atoms with Crippen molar-refractivity contribution in [2.75, 3.05) is 19.6 Å². The zero-order valence-corrected chi connectivity index (χ0v) is 15.2. The molecule has 1 N–H and O–H groups in total. The predicted octanol–water partition coefficient (Wildman–Crippen LogP) is 4.20. The van der Waals surface area contributed by atoms with Crippen LogP contribution in [0.3, 0.4) is 0 Å². The monoisotopic (exact) mass is 326 g/mol. The smallest absolute Gasteiger partial charge is 0.124 e. The van der Waals surface area contributed by atoms with Crippen molar-refractivity contribution in [1.29, 1.82) is 0 Å². The molecular weight excluding hydrogens is 296 g/mol. The van der Waals surface area contributed by atoms with Crippen molar-refractivity contribution in [3.8, 4) is 5.75 Å². The number of nitrogens with zero attached hydrogens (tertiary/aromatic N) is 1. The van der Waals surface area contributed by atoms with Gasteiger partial charge in [0.2, 0.25) is 0 Å². The van der Waals surface area contributed by atoms with Gasteiger partial charge in [-0.2, -0.15) is 0 Å². The first-order chi connectivity index (χ1) is 11.7. The molecule has 0 bridgehead atoms. The van der Waals surface area contributed by atoms with Gasteiger partial charge >= 0.3 is 0 Å². The van der Waals surface area contributed by atoms with Gasteiger partial charge in [0.15, 0.2) is 0 Å². The lowest BCUT2D eigenvalue weighted by atomic mass is 10.0. The van der Waals surface area contributed by atoms with Crippen LogP contribution in [0.2, 0.25) is 0 Å². The summed E-state index contributed by atoms with van der Waals surface area (Å²) in [7, 11) is 0. The lowest BCUT2D eigenvalue weighted by molar-refractivity contribution is 0.238. The molecule has 0 aromatic heterocycles. The van der Waals surface area contributed by atoms with Crippen LogP contribution in [-0.4, -0.2) is 36.7 Å². The molecule has 3 heteroatoms. The van der Waals surface area contributed by atoms with Crippen LogP contribution in [-0.2, 0) is 6.54 Å². The molecule has 3 nitrogen and oxygen atoms in total. The number of benzene rings is 2. The van der Waals surface area contributed by atoms with Gasteiger partial charge in [-0.05, 0) is 56.6 Å². The van der Waals surface area contributed by atoms with E-state index in [9.17, 15) is 0 Å². The minimum Gasteiger partial charge on any atom is -0.491 e. The molecule has 2 aromatic rings. The molecular formula is C21H30N2O. The van der Waals surface area contributed by atoms with Crippen molar-refractivity contribution < 1.29 is 4.74 Å². The van der Waals surface area contributed by atoms with Crippen LogP contribution in [0.4, 0.5) is 0 Å². The van der Waals surface area contributed by atoms with Crippen LogP contribution in [0.5, 0.6) is 5.75 Å². The average Bonchev–Trinajstić information content (AvgIpc) is 3.03. The highest BCUT2D eigenvalue weighted by Crippen LogP contribution is 2.29. The molecule has 1 aliphatic rings. The number of likely N-dealkylation sites (tertiary alicyclic amines) is 1. The number of fused-ring (bicyclic) bond motifs is 1. The summed E-state index contributed by atoms with van der Waals surface area (Å²) >= 11 is 0. The second kappa shape index (κ2) is 8.00. The Balaban J connectivity index is 1.76. The Labute approximate surface area is 146 Å². The zero-order chi connectivity index (χ0) is 16.9. The highest BCUT2D eigenvalue weighted by atomic mass is 16.5. The number of ether oxygens (including phenoxy) is 1. The minimum absolute atomic E-state index is 0.190. The van der Waals surface area contributed by atoms with E-state index >= 15 is 0 Å². The third kappa shape index (κ3) is 3.90. The van der Waals surface area contributed by atoms with Crippen LogP contribution < -0.4 is 10.1 Å². The Morgan fingerprint density at radius 1 is 1.21 bits per heavy atom. The molecule has 1 unspecified atom stereocenters. The third-order valence-electron chi connectivity index (χ3n) is 4.95. The number of nitrogens with one attached hydrogen (secondary N) is 1. The molecule has 0 spiro atoms. The van der Waals surface area contributed by atoms with E-state index in [1.807, 2.05) is 0 Å². The normalized spacial score (nSPS) is 18.6. The van der Waals surface area contributed by atoms with E-state index in [0.29, 0.717) is 6.04 Å². The van der Waals surface area contributed by atoms with Crippen molar-refractivity contribution in [2.45, 2.75) is 52.3 Å². The van der Waals surface area contributed by atoms with Crippen molar-refractivity contribution in [1.82, 2.24) is 10.2 Å². The SMILES string of the molecule is CCN1CCCC1CNCc1c(OC(C)C)ccc2ccccc12. The molecule has 130 valence electrons. The molecule has 3 rings (SSSR count). The van der Waals surface area contributed by atoms with Gasteiger partial charge in [0.05, 0.1) is 6.10 Å². The van der Waals surface area contributed by atoms with Crippen LogP contribution in [0.1, 0.15) is 39.2 Å². The Hall–Kier alpha value is -1.58. The number of likely N-dealkylation sites (N-methyl/N-ethyl adjacent to an activating group) is 1. The van der Waals surface area contributed by atoms with Gasteiger partial charge in [-0.1, -0.05) is 37.3 Å². The molecule has 1 atom stereocenters. The van der Waals surface area contributed by atoms with E-state index in [2.05, 4.69) is 67.4 Å². The maximum absolute atomic E-state index is 6.07. The number of hydrogen-bond acceptors (Lipinski definition) is 3. The van der Waals surface area contributed by atoms with E-state index in [4.69, 9.17) is 4.74 Å². The summed E-state index contributed by atoms with van der Waals surface area (Å²) in [4.78, 5) is 2.58. The molecule has 24 heavy (non-hydrogen) atoms. The fourth-order valence-electron chi connectivity index (χ4n) is 3.77. The lowest BCUT2D eigenvalue weighted by Crippen LogP contribution is -2.37. The highest BCUT2D eigenvalue weighted by Gasteiger charge is 2.22. The van der Waals surface area contributed by atoms with Gasteiger partial charge in [0.1, 0.15) is 5.75 Å². The summed E-state index contributed by atoms with van der Waals surface area (Å²) in [5.41, 5.74) is 1.28.